The molecule has 1 heterocycles. The summed E-state index contributed by atoms with van der Waals surface area (Å²) in [6.45, 7) is 1.48. The van der Waals surface area contributed by atoms with Crippen molar-refractivity contribution >= 4 is 46.3 Å². The third kappa shape index (κ3) is 4.30. The average Bonchev–Trinajstić information content (AvgIpc) is 3.03. The molecule has 4 N–H and O–H groups in total. The highest BCUT2D eigenvalue weighted by atomic mass is 35.5. The van der Waals surface area contributed by atoms with Crippen LogP contribution in [0.1, 0.15) is 27.0 Å². The van der Waals surface area contributed by atoms with Crippen LogP contribution in [0.4, 0.5) is 5.69 Å². The largest absolute Gasteiger partial charge is 0.368 e. The molecule has 1 aromatic carbocycles. The SMILES string of the molecule is CC(NC(=O)c1ccc(Cl)c(NC(=O)c2cccs2)c1)C(N)=O. The molecule has 1 aromatic heterocycles. The van der Waals surface area contributed by atoms with Crippen LogP contribution >= 0.6 is 22.9 Å². The van der Waals surface area contributed by atoms with Crippen molar-refractivity contribution < 1.29 is 14.4 Å². The average molecular weight is 352 g/mol. The van der Waals surface area contributed by atoms with Gasteiger partial charge in [0.25, 0.3) is 11.8 Å². The number of primary amides is 1. The minimum atomic E-state index is -0.803. The van der Waals surface area contributed by atoms with Crippen molar-refractivity contribution in [1.29, 1.82) is 0 Å². The molecule has 0 aliphatic heterocycles. The topological polar surface area (TPSA) is 101 Å². The maximum Gasteiger partial charge on any atom is 0.265 e. The first-order valence-corrected chi connectivity index (χ1v) is 7.89. The summed E-state index contributed by atoms with van der Waals surface area (Å²) in [4.78, 5) is 35.6. The number of anilines is 1. The molecule has 0 bridgehead atoms. The molecule has 6 nitrogen and oxygen atoms in total. The molecule has 0 fully saturated rings. The highest BCUT2D eigenvalue weighted by Gasteiger charge is 2.16. The van der Waals surface area contributed by atoms with Crippen LogP contribution < -0.4 is 16.4 Å². The Morgan fingerprint density at radius 3 is 2.57 bits per heavy atom. The maximum atomic E-state index is 12.1. The zero-order valence-corrected chi connectivity index (χ0v) is 13.7. The highest BCUT2D eigenvalue weighted by Crippen LogP contribution is 2.24. The molecule has 2 aromatic rings. The van der Waals surface area contributed by atoms with Gasteiger partial charge < -0.3 is 16.4 Å². The fourth-order valence-electron chi connectivity index (χ4n) is 1.71. The van der Waals surface area contributed by atoms with Crippen LogP contribution in [0.3, 0.4) is 0 Å². The van der Waals surface area contributed by atoms with Crippen molar-refractivity contribution in [3.8, 4) is 0 Å². The lowest BCUT2D eigenvalue weighted by Crippen LogP contribution is -2.42. The van der Waals surface area contributed by atoms with Gasteiger partial charge in [-0.15, -0.1) is 11.3 Å². The number of halogens is 1. The first kappa shape index (κ1) is 17.0. The summed E-state index contributed by atoms with van der Waals surface area (Å²) in [5.74, 6) is -1.44. The molecular formula is C15H14ClN3O3S. The number of hydrogen-bond donors (Lipinski definition) is 3. The molecule has 120 valence electrons. The molecule has 0 saturated carbocycles. The lowest BCUT2D eigenvalue weighted by Gasteiger charge is -2.12. The second kappa shape index (κ2) is 7.26. The van der Waals surface area contributed by atoms with Crippen LogP contribution in [-0.2, 0) is 4.79 Å². The molecule has 0 saturated heterocycles. The number of rotatable bonds is 5. The Morgan fingerprint density at radius 1 is 1.22 bits per heavy atom. The predicted molar refractivity (Wildman–Crippen MR) is 89.8 cm³/mol. The molecule has 0 aliphatic carbocycles. The molecule has 0 radical (unpaired) electrons. The lowest BCUT2D eigenvalue weighted by atomic mass is 10.1. The summed E-state index contributed by atoms with van der Waals surface area (Å²) in [6.07, 6.45) is 0. The van der Waals surface area contributed by atoms with Gasteiger partial charge in [-0.2, -0.15) is 0 Å². The van der Waals surface area contributed by atoms with E-state index in [1.807, 2.05) is 0 Å². The van der Waals surface area contributed by atoms with E-state index >= 15 is 0 Å². The summed E-state index contributed by atoms with van der Waals surface area (Å²) >= 11 is 7.34. The van der Waals surface area contributed by atoms with E-state index in [2.05, 4.69) is 10.6 Å². The summed E-state index contributed by atoms with van der Waals surface area (Å²) < 4.78 is 0. The van der Waals surface area contributed by atoms with Crippen LogP contribution in [0.2, 0.25) is 5.02 Å². The Bertz CT molecular complexity index is 746. The highest BCUT2D eigenvalue weighted by molar-refractivity contribution is 7.12. The quantitative estimate of drug-likeness (QED) is 0.770. The summed E-state index contributed by atoms with van der Waals surface area (Å²) in [5, 5.41) is 7.19. The second-order valence-electron chi connectivity index (χ2n) is 4.72. The standard InChI is InChI=1S/C15H14ClN3O3S/c1-8(13(17)20)18-14(21)9-4-5-10(16)11(7-9)19-15(22)12-3-2-6-23-12/h2-8H,1H3,(H2,17,20)(H,18,21)(H,19,22). The van der Waals surface area contributed by atoms with E-state index in [0.29, 0.717) is 15.6 Å². The minimum absolute atomic E-state index is 0.254. The van der Waals surface area contributed by atoms with E-state index in [4.69, 9.17) is 17.3 Å². The van der Waals surface area contributed by atoms with E-state index in [1.165, 1.54) is 36.5 Å². The summed E-state index contributed by atoms with van der Waals surface area (Å²) in [7, 11) is 0. The van der Waals surface area contributed by atoms with Gasteiger partial charge in [-0.25, -0.2) is 0 Å². The Kier molecular flexibility index (Phi) is 5.36. The van der Waals surface area contributed by atoms with Crippen molar-refractivity contribution in [2.45, 2.75) is 13.0 Å². The Morgan fingerprint density at radius 2 is 1.96 bits per heavy atom. The van der Waals surface area contributed by atoms with Gasteiger partial charge >= 0.3 is 0 Å². The maximum absolute atomic E-state index is 12.1. The van der Waals surface area contributed by atoms with Gasteiger partial charge in [-0.05, 0) is 36.6 Å². The van der Waals surface area contributed by atoms with Crippen LogP contribution in [0, 0.1) is 0 Å². The number of nitrogens with two attached hydrogens (primary N) is 1. The number of carbonyl (C=O) groups excluding carboxylic acids is 3. The monoisotopic (exact) mass is 351 g/mol. The summed E-state index contributed by atoms with van der Waals surface area (Å²) in [6, 6.07) is 7.07. The van der Waals surface area contributed by atoms with E-state index in [-0.39, 0.29) is 11.5 Å². The van der Waals surface area contributed by atoms with Crippen LogP contribution in [0.15, 0.2) is 35.7 Å². The third-order valence-electron chi connectivity index (χ3n) is 3.00. The number of hydrogen-bond acceptors (Lipinski definition) is 4. The fraction of sp³-hybridized carbons (Fsp3) is 0.133. The molecule has 1 atom stereocenters. The van der Waals surface area contributed by atoms with Gasteiger partial charge in [0.1, 0.15) is 6.04 Å². The Hall–Kier alpha value is -2.38. The molecule has 3 amide bonds. The van der Waals surface area contributed by atoms with E-state index in [9.17, 15) is 14.4 Å². The smallest absolute Gasteiger partial charge is 0.265 e. The fourth-order valence-corrected chi connectivity index (χ4v) is 2.49. The summed E-state index contributed by atoms with van der Waals surface area (Å²) in [5.41, 5.74) is 5.67. The van der Waals surface area contributed by atoms with Crippen LogP contribution in [0.25, 0.3) is 0 Å². The predicted octanol–water partition coefficient (Wildman–Crippen LogP) is 2.26. The number of benzene rings is 1. The van der Waals surface area contributed by atoms with Gasteiger partial charge in [0.2, 0.25) is 5.91 Å². The number of thiophene rings is 1. The number of amides is 3. The Balaban J connectivity index is 2.17. The zero-order valence-electron chi connectivity index (χ0n) is 12.1. The molecule has 23 heavy (non-hydrogen) atoms. The lowest BCUT2D eigenvalue weighted by molar-refractivity contribution is -0.119. The van der Waals surface area contributed by atoms with Gasteiger partial charge in [0, 0.05) is 5.56 Å². The number of nitrogens with one attached hydrogen (secondary N) is 2. The van der Waals surface area contributed by atoms with Gasteiger partial charge in [-0.1, -0.05) is 17.7 Å². The minimum Gasteiger partial charge on any atom is -0.368 e. The normalized spacial score (nSPS) is 11.6. The molecular weight excluding hydrogens is 338 g/mol. The van der Waals surface area contributed by atoms with Crippen molar-refractivity contribution in [2.24, 2.45) is 5.73 Å². The number of carbonyl (C=O) groups is 3. The van der Waals surface area contributed by atoms with Gasteiger partial charge in [0.05, 0.1) is 15.6 Å². The molecule has 1 unspecified atom stereocenters. The van der Waals surface area contributed by atoms with Gasteiger partial charge in [-0.3, -0.25) is 14.4 Å². The van der Waals surface area contributed by atoms with E-state index in [0.717, 1.165) is 0 Å². The first-order chi connectivity index (χ1) is 10.9. The molecule has 0 aliphatic rings. The van der Waals surface area contributed by atoms with Crippen LogP contribution in [0.5, 0.6) is 0 Å². The van der Waals surface area contributed by atoms with Crippen LogP contribution in [-0.4, -0.2) is 23.8 Å². The Labute approximate surface area is 141 Å². The van der Waals surface area contributed by atoms with Crippen molar-refractivity contribution in [3.05, 3.63) is 51.2 Å². The zero-order chi connectivity index (χ0) is 17.0. The van der Waals surface area contributed by atoms with Crippen molar-refractivity contribution in [1.82, 2.24) is 5.32 Å². The van der Waals surface area contributed by atoms with Crippen molar-refractivity contribution in [3.63, 3.8) is 0 Å². The van der Waals surface area contributed by atoms with Crippen molar-refractivity contribution in [2.75, 3.05) is 5.32 Å². The molecule has 0 spiro atoms. The van der Waals surface area contributed by atoms with Gasteiger partial charge in [0.15, 0.2) is 0 Å². The first-order valence-electron chi connectivity index (χ1n) is 6.63. The van der Waals surface area contributed by atoms with E-state index in [1.54, 1.807) is 17.5 Å². The van der Waals surface area contributed by atoms with E-state index < -0.39 is 17.9 Å². The second-order valence-corrected chi connectivity index (χ2v) is 6.08. The third-order valence-corrected chi connectivity index (χ3v) is 4.19. The molecule has 8 heteroatoms. The molecule has 2 rings (SSSR count).